The second-order valence-corrected chi connectivity index (χ2v) is 8.15. The number of carboxylic acids is 1. The van der Waals surface area contributed by atoms with Crippen LogP contribution in [0.4, 0.5) is 0 Å². The zero-order valence-corrected chi connectivity index (χ0v) is 14.8. The Kier molecular flexibility index (Phi) is 5.29. The van der Waals surface area contributed by atoms with Crippen LogP contribution in [0.2, 0.25) is 0 Å². The van der Waals surface area contributed by atoms with Gasteiger partial charge in [-0.15, -0.1) is 0 Å². The van der Waals surface area contributed by atoms with Crippen LogP contribution in [-0.4, -0.2) is 61.3 Å². The monoisotopic (exact) mass is 354 g/mol. The van der Waals surface area contributed by atoms with E-state index in [1.807, 2.05) is 0 Å². The molecule has 1 heterocycles. The first-order chi connectivity index (χ1) is 11.1. The highest BCUT2D eigenvalue weighted by Crippen LogP contribution is 2.28. The summed E-state index contributed by atoms with van der Waals surface area (Å²) in [5.41, 5.74) is 0.397. The van der Waals surface area contributed by atoms with Crippen molar-refractivity contribution in [1.29, 1.82) is 0 Å². The zero-order chi connectivity index (χ0) is 18.1. The van der Waals surface area contributed by atoms with E-state index in [4.69, 9.17) is 5.11 Å². The molecule has 0 aromatic heterocycles. The molecule has 0 saturated carbocycles. The van der Waals surface area contributed by atoms with Crippen LogP contribution < -0.4 is 0 Å². The molecule has 24 heavy (non-hydrogen) atoms. The van der Waals surface area contributed by atoms with Gasteiger partial charge >= 0.3 is 5.97 Å². The molecule has 0 bridgehead atoms. The van der Waals surface area contributed by atoms with Crippen molar-refractivity contribution in [3.05, 3.63) is 29.8 Å². The minimum absolute atomic E-state index is 0.0305. The number of benzene rings is 1. The Labute approximate surface area is 141 Å². The third-order valence-electron chi connectivity index (χ3n) is 4.29. The normalized spacial score (nSPS) is 22.1. The fourth-order valence-electron chi connectivity index (χ4n) is 2.77. The quantitative estimate of drug-likeness (QED) is 0.878. The van der Waals surface area contributed by atoms with E-state index in [-0.39, 0.29) is 23.4 Å². The fourth-order valence-corrected chi connectivity index (χ4v) is 4.48. The van der Waals surface area contributed by atoms with Crippen molar-refractivity contribution in [1.82, 2.24) is 9.21 Å². The third kappa shape index (κ3) is 3.59. The Bertz CT molecular complexity index is 727. The molecule has 8 heteroatoms. The summed E-state index contributed by atoms with van der Waals surface area (Å²) in [6.45, 7) is 1.75. The number of amides is 1. The lowest BCUT2D eigenvalue weighted by atomic mass is 9.96. The Morgan fingerprint density at radius 1 is 1.17 bits per heavy atom. The highest BCUT2D eigenvalue weighted by molar-refractivity contribution is 7.89. The van der Waals surface area contributed by atoms with E-state index < -0.39 is 21.9 Å². The molecule has 1 aliphatic rings. The predicted molar refractivity (Wildman–Crippen MR) is 88.2 cm³/mol. The highest BCUT2D eigenvalue weighted by atomic mass is 32.2. The summed E-state index contributed by atoms with van der Waals surface area (Å²) in [6.07, 6.45) is 0.978. The maximum atomic E-state index is 12.8. The van der Waals surface area contributed by atoms with Crippen molar-refractivity contribution < 1.29 is 23.1 Å². The van der Waals surface area contributed by atoms with E-state index in [2.05, 4.69) is 0 Å². The smallest absolute Gasteiger partial charge is 0.307 e. The van der Waals surface area contributed by atoms with Gasteiger partial charge in [0.25, 0.3) is 5.91 Å². The van der Waals surface area contributed by atoms with Crippen LogP contribution in [0.5, 0.6) is 0 Å². The van der Waals surface area contributed by atoms with Gasteiger partial charge in [0.2, 0.25) is 10.0 Å². The molecule has 0 radical (unpaired) electrons. The molecule has 0 aliphatic carbocycles. The molecule has 1 fully saturated rings. The lowest BCUT2D eigenvalue weighted by Gasteiger charge is -2.35. The lowest BCUT2D eigenvalue weighted by molar-refractivity contribution is -0.143. The number of carbonyl (C=O) groups is 2. The summed E-state index contributed by atoms with van der Waals surface area (Å²) in [4.78, 5) is 24.5. The van der Waals surface area contributed by atoms with Crippen molar-refractivity contribution >= 4 is 21.9 Å². The minimum Gasteiger partial charge on any atom is -0.481 e. The van der Waals surface area contributed by atoms with Crippen LogP contribution in [-0.2, 0) is 14.8 Å². The lowest BCUT2D eigenvalue weighted by Crippen LogP contribution is -2.47. The number of rotatable bonds is 4. The standard InChI is InChI=1S/C16H22N2O5S/c1-11-4-5-13(16(20)21)10-18(11)24(22,23)14-8-6-12(7-9-14)15(19)17(2)3/h6-9,11,13H,4-5,10H2,1-3H3,(H,20,21). The molecule has 1 aliphatic heterocycles. The van der Waals surface area contributed by atoms with Gasteiger partial charge in [-0.1, -0.05) is 0 Å². The Hall–Kier alpha value is -1.93. The largest absolute Gasteiger partial charge is 0.481 e. The first kappa shape index (κ1) is 18.4. The number of aliphatic carboxylic acids is 1. The molecule has 7 nitrogen and oxygen atoms in total. The summed E-state index contributed by atoms with van der Waals surface area (Å²) >= 11 is 0. The number of sulfonamides is 1. The number of hydrogen-bond donors (Lipinski definition) is 1. The number of carboxylic acid groups (broad SMARTS) is 1. The first-order valence-electron chi connectivity index (χ1n) is 7.71. The van der Waals surface area contributed by atoms with Gasteiger partial charge < -0.3 is 10.0 Å². The average Bonchev–Trinajstić information content (AvgIpc) is 2.54. The molecule has 1 saturated heterocycles. The molecule has 2 atom stereocenters. The Balaban J connectivity index is 2.29. The van der Waals surface area contributed by atoms with Gasteiger partial charge in [0.05, 0.1) is 10.8 Å². The molecule has 1 amide bonds. The topological polar surface area (TPSA) is 95.0 Å². The van der Waals surface area contributed by atoms with Crippen LogP contribution in [0.1, 0.15) is 30.1 Å². The van der Waals surface area contributed by atoms with Crippen molar-refractivity contribution in [3.63, 3.8) is 0 Å². The summed E-state index contributed by atoms with van der Waals surface area (Å²) in [5.74, 6) is -1.88. The van der Waals surface area contributed by atoms with Crippen LogP contribution in [0.25, 0.3) is 0 Å². The summed E-state index contributed by atoms with van der Waals surface area (Å²) in [7, 11) is -0.556. The number of piperidine rings is 1. The molecule has 1 N–H and O–H groups in total. The Morgan fingerprint density at radius 2 is 1.75 bits per heavy atom. The molecular weight excluding hydrogens is 332 g/mol. The number of nitrogens with zero attached hydrogens (tertiary/aromatic N) is 2. The van der Waals surface area contributed by atoms with Crippen LogP contribution in [0, 0.1) is 5.92 Å². The van der Waals surface area contributed by atoms with Crippen molar-refractivity contribution in [3.8, 4) is 0 Å². The van der Waals surface area contributed by atoms with Gasteiger partial charge in [-0.2, -0.15) is 4.31 Å². The van der Waals surface area contributed by atoms with Crippen LogP contribution >= 0.6 is 0 Å². The summed E-state index contributed by atoms with van der Waals surface area (Å²) < 4.78 is 26.9. The van der Waals surface area contributed by atoms with E-state index in [0.717, 1.165) is 0 Å². The van der Waals surface area contributed by atoms with E-state index >= 15 is 0 Å². The van der Waals surface area contributed by atoms with Crippen molar-refractivity contribution in [2.45, 2.75) is 30.7 Å². The average molecular weight is 354 g/mol. The van der Waals surface area contributed by atoms with Crippen molar-refractivity contribution in [2.75, 3.05) is 20.6 Å². The molecule has 1 aromatic rings. The van der Waals surface area contributed by atoms with Gasteiger partial charge in [0.1, 0.15) is 0 Å². The number of carbonyl (C=O) groups excluding carboxylic acids is 1. The maximum Gasteiger partial charge on any atom is 0.307 e. The van der Waals surface area contributed by atoms with Crippen LogP contribution in [0.3, 0.4) is 0 Å². The highest BCUT2D eigenvalue weighted by Gasteiger charge is 2.37. The summed E-state index contributed by atoms with van der Waals surface area (Å²) in [6, 6.07) is 5.47. The number of hydrogen-bond acceptors (Lipinski definition) is 4. The van der Waals surface area contributed by atoms with E-state index in [1.54, 1.807) is 21.0 Å². The summed E-state index contributed by atoms with van der Waals surface area (Å²) in [5, 5.41) is 9.16. The van der Waals surface area contributed by atoms with Gasteiger partial charge in [0, 0.05) is 32.2 Å². The SMILES string of the molecule is CC1CCC(C(=O)O)CN1S(=O)(=O)c1ccc(C(=O)N(C)C)cc1. The van der Waals surface area contributed by atoms with Gasteiger partial charge in [0.15, 0.2) is 0 Å². The van der Waals surface area contributed by atoms with Gasteiger partial charge in [-0.3, -0.25) is 9.59 Å². The van der Waals surface area contributed by atoms with Gasteiger partial charge in [-0.05, 0) is 44.0 Å². The van der Waals surface area contributed by atoms with Crippen molar-refractivity contribution in [2.24, 2.45) is 5.92 Å². The molecule has 1 aromatic carbocycles. The molecule has 0 spiro atoms. The second kappa shape index (κ2) is 6.90. The van der Waals surface area contributed by atoms with E-state index in [9.17, 15) is 18.0 Å². The Morgan fingerprint density at radius 3 is 2.25 bits per heavy atom. The fraction of sp³-hybridized carbons (Fsp3) is 0.500. The first-order valence-corrected chi connectivity index (χ1v) is 9.15. The molecule has 132 valence electrons. The van der Waals surface area contributed by atoms with E-state index in [0.29, 0.717) is 18.4 Å². The van der Waals surface area contributed by atoms with Crippen LogP contribution in [0.15, 0.2) is 29.2 Å². The van der Waals surface area contributed by atoms with Gasteiger partial charge in [-0.25, -0.2) is 8.42 Å². The zero-order valence-electron chi connectivity index (χ0n) is 14.0. The minimum atomic E-state index is -3.80. The molecule has 2 rings (SSSR count). The third-order valence-corrected chi connectivity index (χ3v) is 6.28. The second-order valence-electron chi connectivity index (χ2n) is 6.26. The molecular formula is C16H22N2O5S. The maximum absolute atomic E-state index is 12.8. The molecule has 2 unspecified atom stereocenters. The predicted octanol–water partition coefficient (Wildman–Crippen LogP) is 1.26. The van der Waals surface area contributed by atoms with E-state index in [1.165, 1.54) is 33.5 Å².